The molecule has 4 saturated carbocycles. The molecule has 4 aliphatic carbocycles. The van der Waals surface area contributed by atoms with E-state index in [4.69, 9.17) is 9.47 Å². The number of ether oxygens (including phenoxy) is 2. The van der Waals surface area contributed by atoms with Crippen LogP contribution in [0.25, 0.3) is 0 Å². The number of rotatable bonds is 8. The minimum Gasteiger partial charge on any atom is -0.479 e. The van der Waals surface area contributed by atoms with Gasteiger partial charge in [-0.2, -0.15) is 26.3 Å². The average molecular weight is 699 g/mol. The van der Waals surface area contributed by atoms with Crippen LogP contribution < -0.4 is 9.47 Å². The molecule has 14 heteroatoms. The summed E-state index contributed by atoms with van der Waals surface area (Å²) in [5.74, 6) is -0.466. The number of fused-ring (bicyclic) bond motifs is 2. The van der Waals surface area contributed by atoms with Gasteiger partial charge in [0, 0.05) is 34.8 Å². The van der Waals surface area contributed by atoms with Gasteiger partial charge in [-0.25, -0.2) is 0 Å². The summed E-state index contributed by atoms with van der Waals surface area (Å²) in [7, 11) is 0. The van der Waals surface area contributed by atoms with Crippen molar-refractivity contribution in [2.75, 3.05) is 0 Å². The number of nitro benzene ring substituents is 2. The molecule has 268 valence electrons. The van der Waals surface area contributed by atoms with Gasteiger partial charge in [0.25, 0.3) is 0 Å². The largest absolute Gasteiger partial charge is 0.479 e. The number of nitro groups is 2. The van der Waals surface area contributed by atoms with Crippen LogP contribution in [0.3, 0.4) is 0 Å². The van der Waals surface area contributed by atoms with Gasteiger partial charge in [0.15, 0.2) is 11.5 Å². The molecule has 0 N–H and O–H groups in total. The zero-order valence-electron chi connectivity index (χ0n) is 28.1. The van der Waals surface area contributed by atoms with E-state index in [1.165, 1.54) is 0 Å². The first-order valence-corrected chi connectivity index (χ1v) is 16.6. The Hall–Kier alpha value is -3.58. The monoisotopic (exact) mass is 698 g/mol. The van der Waals surface area contributed by atoms with Gasteiger partial charge < -0.3 is 9.47 Å². The number of halogens is 6. The second-order valence-electron chi connectivity index (χ2n) is 15.9. The summed E-state index contributed by atoms with van der Waals surface area (Å²) >= 11 is 0. The first-order chi connectivity index (χ1) is 22.5. The summed E-state index contributed by atoms with van der Waals surface area (Å²) < 4.78 is 103. The smallest absolute Gasteiger partial charge is 0.411 e. The van der Waals surface area contributed by atoms with E-state index >= 15 is 26.3 Å². The van der Waals surface area contributed by atoms with E-state index in [9.17, 15) is 20.2 Å². The van der Waals surface area contributed by atoms with Crippen molar-refractivity contribution in [3.05, 3.63) is 67.8 Å². The van der Waals surface area contributed by atoms with E-state index in [0.29, 0.717) is 25.0 Å². The zero-order valence-corrected chi connectivity index (χ0v) is 28.1. The molecule has 0 bridgehead atoms. The second kappa shape index (κ2) is 10.7. The van der Waals surface area contributed by atoms with Crippen molar-refractivity contribution < 1.29 is 45.7 Å². The van der Waals surface area contributed by atoms with Crippen molar-refractivity contribution in [1.82, 2.24) is 0 Å². The molecule has 0 spiro atoms. The molecule has 0 aromatic heterocycles. The van der Waals surface area contributed by atoms with E-state index in [2.05, 4.69) is 0 Å². The van der Waals surface area contributed by atoms with Crippen LogP contribution in [0.1, 0.15) is 91.2 Å². The molecular weight excluding hydrogens is 658 g/mol. The van der Waals surface area contributed by atoms with Crippen molar-refractivity contribution in [1.29, 1.82) is 0 Å². The molecule has 6 unspecified atom stereocenters. The van der Waals surface area contributed by atoms with Gasteiger partial charge in [0.2, 0.25) is 5.41 Å². The van der Waals surface area contributed by atoms with Gasteiger partial charge in [-0.1, -0.05) is 66.5 Å². The third kappa shape index (κ3) is 4.85. The quantitative estimate of drug-likeness (QED) is 0.154. The molecular formula is C35H40F6N2O6. The van der Waals surface area contributed by atoms with Crippen LogP contribution in [0.15, 0.2) is 36.4 Å². The molecule has 6 atom stereocenters. The molecule has 0 amide bonds. The Labute approximate surface area is 279 Å². The van der Waals surface area contributed by atoms with Crippen molar-refractivity contribution >= 4 is 11.4 Å². The first kappa shape index (κ1) is 35.3. The van der Waals surface area contributed by atoms with E-state index < -0.39 is 83.6 Å². The predicted octanol–water partition coefficient (Wildman–Crippen LogP) is 10.1. The highest BCUT2D eigenvalue weighted by atomic mass is 19.4. The summed E-state index contributed by atoms with van der Waals surface area (Å²) in [6, 6.07) is 3.08. The fraction of sp³-hybridized carbons (Fsp3) is 0.657. The second-order valence-corrected chi connectivity index (χ2v) is 15.9. The highest BCUT2D eigenvalue weighted by molar-refractivity contribution is 5.59. The van der Waals surface area contributed by atoms with E-state index in [1.54, 1.807) is 0 Å². The molecule has 4 aliphatic rings. The Morgan fingerprint density at radius 3 is 1.31 bits per heavy atom. The van der Waals surface area contributed by atoms with E-state index in [-0.39, 0.29) is 35.8 Å². The minimum atomic E-state index is -6.14. The van der Waals surface area contributed by atoms with Crippen LogP contribution in [-0.2, 0) is 5.41 Å². The molecule has 0 saturated heterocycles. The summed E-state index contributed by atoms with van der Waals surface area (Å²) in [5.41, 5.74) is -12.6. The molecule has 0 radical (unpaired) electrons. The highest BCUT2D eigenvalue weighted by Gasteiger charge is 2.76. The number of nitrogens with zero attached hydrogens (tertiary/aromatic N) is 2. The Bertz CT molecular complexity index is 1580. The van der Waals surface area contributed by atoms with Gasteiger partial charge in [-0.05, 0) is 60.8 Å². The topological polar surface area (TPSA) is 105 Å². The van der Waals surface area contributed by atoms with E-state index in [0.717, 1.165) is 37.8 Å². The molecule has 2 aromatic rings. The molecule has 6 rings (SSSR count). The Balaban J connectivity index is 1.48. The van der Waals surface area contributed by atoms with Crippen molar-refractivity contribution in [2.45, 2.75) is 109 Å². The lowest BCUT2D eigenvalue weighted by atomic mass is 9.72. The fourth-order valence-electron chi connectivity index (χ4n) is 9.81. The van der Waals surface area contributed by atoms with E-state index in [1.807, 2.05) is 41.5 Å². The average Bonchev–Trinajstić information content (AvgIpc) is 3.65. The SMILES string of the molecule is CC1CCC2C(C)(C)C2(Oc2ccc(C(c3ccc(OC45CC(C)CCC4C5(C)C)c([N+](=O)[O-])c3)(C(F)(F)F)C(F)(F)F)cc2[N+](=O)[O-])C1. The third-order valence-corrected chi connectivity index (χ3v) is 12.7. The number of benzene rings is 2. The summed E-state index contributed by atoms with van der Waals surface area (Å²) in [6.45, 7) is 11.7. The normalized spacial score (nSPS) is 31.6. The molecule has 49 heavy (non-hydrogen) atoms. The minimum absolute atomic E-state index is 0.00839. The molecule has 4 fully saturated rings. The maximum absolute atomic E-state index is 15.2. The lowest BCUT2D eigenvalue weighted by molar-refractivity contribution is -0.386. The van der Waals surface area contributed by atoms with Crippen molar-refractivity contribution in [3.8, 4) is 11.5 Å². The predicted molar refractivity (Wildman–Crippen MR) is 166 cm³/mol. The van der Waals surface area contributed by atoms with Crippen LogP contribution in [-0.4, -0.2) is 33.4 Å². The Morgan fingerprint density at radius 1 is 0.653 bits per heavy atom. The van der Waals surface area contributed by atoms with Crippen molar-refractivity contribution in [2.24, 2.45) is 34.5 Å². The Kier molecular flexibility index (Phi) is 7.71. The first-order valence-electron chi connectivity index (χ1n) is 16.6. The van der Waals surface area contributed by atoms with Gasteiger partial charge in [-0.15, -0.1) is 0 Å². The molecule has 0 aliphatic heterocycles. The third-order valence-electron chi connectivity index (χ3n) is 12.7. The molecule has 2 aromatic carbocycles. The van der Waals surface area contributed by atoms with Crippen LogP contribution in [0.2, 0.25) is 0 Å². The lowest BCUT2D eigenvalue weighted by Gasteiger charge is -2.38. The highest BCUT2D eigenvalue weighted by Crippen LogP contribution is 2.72. The van der Waals surface area contributed by atoms with Crippen LogP contribution in [0, 0.1) is 54.7 Å². The lowest BCUT2D eigenvalue weighted by Crippen LogP contribution is -2.54. The summed E-state index contributed by atoms with van der Waals surface area (Å²) in [4.78, 5) is 22.4. The molecule has 0 heterocycles. The van der Waals surface area contributed by atoms with Crippen LogP contribution >= 0.6 is 0 Å². The van der Waals surface area contributed by atoms with Gasteiger partial charge in [0.05, 0.1) is 9.85 Å². The number of hydrogen-bond donors (Lipinski definition) is 0. The fourth-order valence-corrected chi connectivity index (χ4v) is 9.81. The standard InChI is InChI=1S/C35H40F6N2O6/c1-19-7-13-27-29(3,4)31(27,17-19)48-25-11-9-21(15-23(25)42(44)45)33(34(36,37)38,35(39,40)41)22-10-12-26(24(16-22)43(46)47)49-32-18-20(2)8-14-28(32)30(32,5)6/h9-12,15-16,19-20,27-28H,7-8,13-14,17-18H2,1-6H3. The number of hydrogen-bond acceptors (Lipinski definition) is 6. The molecule has 8 nitrogen and oxygen atoms in total. The van der Waals surface area contributed by atoms with Crippen LogP contribution in [0.5, 0.6) is 11.5 Å². The number of alkyl halides is 6. The van der Waals surface area contributed by atoms with Crippen LogP contribution in [0.4, 0.5) is 37.7 Å². The van der Waals surface area contributed by atoms with Crippen molar-refractivity contribution in [3.63, 3.8) is 0 Å². The maximum atomic E-state index is 15.2. The summed E-state index contributed by atoms with van der Waals surface area (Å²) in [6.07, 6.45) is -7.91. The maximum Gasteiger partial charge on any atom is 0.411 e. The Morgan fingerprint density at radius 2 is 1.00 bits per heavy atom. The van der Waals surface area contributed by atoms with Gasteiger partial charge in [-0.3, -0.25) is 20.2 Å². The van der Waals surface area contributed by atoms with Gasteiger partial charge in [0.1, 0.15) is 11.2 Å². The zero-order chi connectivity index (χ0) is 36.3. The summed E-state index contributed by atoms with van der Waals surface area (Å²) in [5, 5.41) is 24.5. The van der Waals surface area contributed by atoms with Gasteiger partial charge >= 0.3 is 23.7 Å².